The predicted molar refractivity (Wildman–Crippen MR) is 93.5 cm³/mol. The minimum absolute atomic E-state index is 0.0696. The van der Waals surface area contributed by atoms with Crippen LogP contribution in [0.3, 0.4) is 0 Å². The molecule has 4 aromatic rings. The lowest BCUT2D eigenvalue weighted by molar-refractivity contribution is -0.144. The number of aromatic nitrogens is 6. The van der Waals surface area contributed by atoms with Crippen molar-refractivity contribution in [2.75, 3.05) is 0 Å². The molecular formula is C18H16N6O3. The fourth-order valence-electron chi connectivity index (χ4n) is 2.77. The van der Waals surface area contributed by atoms with Crippen LogP contribution >= 0.6 is 0 Å². The number of carbonyl (C=O) groups is 1. The molecule has 0 unspecified atom stereocenters. The van der Waals surface area contributed by atoms with Crippen molar-refractivity contribution in [3.8, 4) is 11.4 Å². The normalized spacial score (nSPS) is 11.0. The molecule has 27 heavy (non-hydrogen) atoms. The summed E-state index contributed by atoms with van der Waals surface area (Å²) in [6.07, 6.45) is 1.50. The largest absolute Gasteiger partial charge is 0.455 e. The zero-order valence-corrected chi connectivity index (χ0v) is 14.8. The second kappa shape index (κ2) is 6.94. The predicted octanol–water partition coefficient (Wildman–Crippen LogP) is 2.08. The fourth-order valence-corrected chi connectivity index (χ4v) is 2.77. The van der Waals surface area contributed by atoms with Crippen molar-refractivity contribution in [1.29, 1.82) is 0 Å². The minimum Gasteiger partial charge on any atom is -0.455 e. The third-order valence-corrected chi connectivity index (χ3v) is 4.17. The van der Waals surface area contributed by atoms with Gasteiger partial charge >= 0.3 is 5.97 Å². The summed E-state index contributed by atoms with van der Waals surface area (Å²) in [7, 11) is 0. The van der Waals surface area contributed by atoms with Gasteiger partial charge in [-0.1, -0.05) is 35.5 Å². The van der Waals surface area contributed by atoms with Gasteiger partial charge in [0.25, 0.3) is 11.7 Å². The monoisotopic (exact) mass is 364 g/mol. The van der Waals surface area contributed by atoms with Gasteiger partial charge in [0.05, 0.1) is 6.42 Å². The number of carbonyl (C=O) groups excluding carboxylic acids is 1. The molecule has 0 N–H and O–H groups in total. The third kappa shape index (κ3) is 3.39. The first-order valence-electron chi connectivity index (χ1n) is 8.31. The molecule has 9 heteroatoms. The Kier molecular flexibility index (Phi) is 4.33. The van der Waals surface area contributed by atoms with Gasteiger partial charge in [0.1, 0.15) is 6.33 Å². The van der Waals surface area contributed by atoms with E-state index in [0.717, 1.165) is 16.8 Å². The number of hydrogen-bond acceptors (Lipinski definition) is 8. The van der Waals surface area contributed by atoms with Crippen molar-refractivity contribution in [1.82, 2.24) is 29.7 Å². The van der Waals surface area contributed by atoms with E-state index in [1.165, 1.54) is 6.33 Å². The van der Waals surface area contributed by atoms with Crippen LogP contribution in [0.4, 0.5) is 0 Å². The van der Waals surface area contributed by atoms with E-state index in [-0.39, 0.29) is 18.9 Å². The van der Waals surface area contributed by atoms with Gasteiger partial charge in [-0.3, -0.25) is 4.79 Å². The van der Waals surface area contributed by atoms with Crippen LogP contribution < -0.4 is 0 Å². The summed E-state index contributed by atoms with van der Waals surface area (Å²) < 4.78 is 12.0. The van der Waals surface area contributed by atoms with Crippen molar-refractivity contribution in [2.24, 2.45) is 0 Å². The highest BCUT2D eigenvalue weighted by Gasteiger charge is 2.16. The molecule has 1 aromatic carbocycles. The molecule has 3 aromatic heterocycles. The highest BCUT2D eigenvalue weighted by molar-refractivity contribution is 5.73. The van der Waals surface area contributed by atoms with Crippen molar-refractivity contribution in [3.05, 3.63) is 59.5 Å². The Hall–Kier alpha value is -3.62. The lowest BCUT2D eigenvalue weighted by Gasteiger charge is -2.09. The molecule has 0 aliphatic carbocycles. The first kappa shape index (κ1) is 16.8. The molecule has 0 aliphatic heterocycles. The van der Waals surface area contributed by atoms with E-state index in [1.54, 1.807) is 4.52 Å². The summed E-state index contributed by atoms with van der Waals surface area (Å²) in [5, 5.41) is 8.01. The molecule has 0 saturated heterocycles. The summed E-state index contributed by atoms with van der Waals surface area (Å²) in [5.41, 5.74) is 3.11. The van der Waals surface area contributed by atoms with Gasteiger partial charge in [0, 0.05) is 22.5 Å². The van der Waals surface area contributed by atoms with Crippen LogP contribution in [0.1, 0.15) is 22.8 Å². The van der Waals surface area contributed by atoms with E-state index in [1.807, 2.05) is 44.2 Å². The van der Waals surface area contributed by atoms with Gasteiger partial charge < -0.3 is 9.26 Å². The number of fused-ring (bicyclic) bond motifs is 1. The van der Waals surface area contributed by atoms with Gasteiger partial charge in [-0.05, 0) is 13.8 Å². The van der Waals surface area contributed by atoms with Gasteiger partial charge in [-0.25, -0.2) is 9.50 Å². The molecule has 0 spiro atoms. The van der Waals surface area contributed by atoms with Crippen molar-refractivity contribution < 1.29 is 14.1 Å². The van der Waals surface area contributed by atoms with Crippen LogP contribution in [0.2, 0.25) is 0 Å². The molecule has 4 rings (SSSR count). The molecule has 0 fully saturated rings. The Morgan fingerprint density at radius 2 is 2.00 bits per heavy atom. The number of esters is 1. The molecule has 0 bridgehead atoms. The van der Waals surface area contributed by atoms with Crippen LogP contribution in [-0.2, 0) is 22.6 Å². The quantitative estimate of drug-likeness (QED) is 0.495. The minimum atomic E-state index is -0.415. The zero-order valence-electron chi connectivity index (χ0n) is 14.8. The number of nitrogens with zero attached hydrogens (tertiary/aromatic N) is 6. The molecule has 9 nitrogen and oxygen atoms in total. The summed E-state index contributed by atoms with van der Waals surface area (Å²) in [6, 6.07) is 9.42. The Labute approximate surface area is 154 Å². The van der Waals surface area contributed by atoms with Gasteiger partial charge in [-0.2, -0.15) is 15.1 Å². The standard InChI is InChI=1S/C18H16N6O3/c1-11-14(12(2)24-18(21-11)19-10-20-24)8-16(25)26-9-15-22-17(23-27-15)13-6-4-3-5-7-13/h3-7,10H,8-9H2,1-2H3. The Bertz CT molecular complexity index is 1100. The third-order valence-electron chi connectivity index (χ3n) is 4.17. The van der Waals surface area contributed by atoms with Crippen molar-refractivity contribution in [2.45, 2.75) is 26.9 Å². The number of aryl methyl sites for hydroxylation is 2. The van der Waals surface area contributed by atoms with Gasteiger partial charge in [0.15, 0.2) is 6.61 Å². The van der Waals surface area contributed by atoms with E-state index in [2.05, 4.69) is 25.2 Å². The van der Waals surface area contributed by atoms with E-state index in [9.17, 15) is 4.79 Å². The highest BCUT2D eigenvalue weighted by Crippen LogP contribution is 2.16. The van der Waals surface area contributed by atoms with Crippen LogP contribution in [0.15, 0.2) is 41.2 Å². The average molecular weight is 364 g/mol. The molecule has 0 radical (unpaired) electrons. The van der Waals surface area contributed by atoms with Crippen LogP contribution in [0, 0.1) is 13.8 Å². The summed E-state index contributed by atoms with van der Waals surface area (Å²) in [5.74, 6) is 0.776. The smallest absolute Gasteiger partial charge is 0.310 e. The Morgan fingerprint density at radius 1 is 1.19 bits per heavy atom. The molecule has 0 saturated carbocycles. The van der Waals surface area contributed by atoms with Crippen LogP contribution in [0.25, 0.3) is 17.2 Å². The topological polar surface area (TPSA) is 108 Å². The first-order valence-corrected chi connectivity index (χ1v) is 8.31. The van der Waals surface area contributed by atoms with Gasteiger partial charge in [-0.15, -0.1) is 0 Å². The maximum Gasteiger partial charge on any atom is 0.310 e. The summed E-state index contributed by atoms with van der Waals surface area (Å²) in [4.78, 5) is 24.9. The zero-order chi connectivity index (χ0) is 18.8. The van der Waals surface area contributed by atoms with E-state index >= 15 is 0 Å². The Balaban J connectivity index is 1.43. The van der Waals surface area contributed by atoms with Crippen LogP contribution in [-0.4, -0.2) is 35.7 Å². The molecule has 0 amide bonds. The molecule has 136 valence electrons. The molecular weight excluding hydrogens is 348 g/mol. The lowest BCUT2D eigenvalue weighted by atomic mass is 10.1. The lowest BCUT2D eigenvalue weighted by Crippen LogP contribution is -2.13. The summed E-state index contributed by atoms with van der Waals surface area (Å²) in [6.45, 7) is 3.60. The SMILES string of the molecule is Cc1nc2ncnn2c(C)c1CC(=O)OCc1nc(-c2ccccc2)no1. The van der Waals surface area contributed by atoms with E-state index in [4.69, 9.17) is 9.26 Å². The first-order chi connectivity index (χ1) is 13.1. The van der Waals surface area contributed by atoms with E-state index < -0.39 is 5.97 Å². The number of ether oxygens (including phenoxy) is 1. The number of hydrogen-bond donors (Lipinski definition) is 0. The fraction of sp³-hybridized carbons (Fsp3) is 0.222. The van der Waals surface area contributed by atoms with Crippen LogP contribution in [0.5, 0.6) is 0 Å². The molecule has 3 heterocycles. The maximum absolute atomic E-state index is 12.3. The van der Waals surface area contributed by atoms with Crippen molar-refractivity contribution >= 4 is 11.7 Å². The second-order valence-electron chi connectivity index (χ2n) is 5.95. The summed E-state index contributed by atoms with van der Waals surface area (Å²) >= 11 is 0. The van der Waals surface area contributed by atoms with Gasteiger partial charge in [0.2, 0.25) is 5.82 Å². The Morgan fingerprint density at radius 3 is 2.81 bits per heavy atom. The van der Waals surface area contributed by atoms with Crippen molar-refractivity contribution in [3.63, 3.8) is 0 Å². The average Bonchev–Trinajstić information content (AvgIpc) is 3.33. The van der Waals surface area contributed by atoms with E-state index in [0.29, 0.717) is 17.3 Å². The second-order valence-corrected chi connectivity index (χ2v) is 5.95. The maximum atomic E-state index is 12.3. The molecule has 0 atom stereocenters. The number of rotatable bonds is 5. The molecule has 0 aliphatic rings. The number of benzene rings is 1. The highest BCUT2D eigenvalue weighted by atomic mass is 16.6.